The monoisotopic (exact) mass is 339 g/mol. The SMILES string of the molecule is CCC(C)(CO)CNc1c(Cl)cc(Br)cc1Cl. The Morgan fingerprint density at radius 1 is 1.35 bits per heavy atom. The van der Waals surface area contributed by atoms with Gasteiger partial charge in [0.15, 0.2) is 0 Å². The number of aliphatic hydroxyl groups excluding tert-OH is 1. The van der Waals surface area contributed by atoms with Gasteiger partial charge in [0.25, 0.3) is 0 Å². The molecule has 1 unspecified atom stereocenters. The van der Waals surface area contributed by atoms with E-state index in [4.69, 9.17) is 23.2 Å². The van der Waals surface area contributed by atoms with Crippen LogP contribution in [0.15, 0.2) is 16.6 Å². The van der Waals surface area contributed by atoms with Crippen molar-refractivity contribution in [1.82, 2.24) is 0 Å². The van der Waals surface area contributed by atoms with E-state index in [9.17, 15) is 5.11 Å². The van der Waals surface area contributed by atoms with Gasteiger partial charge >= 0.3 is 0 Å². The second kappa shape index (κ2) is 6.28. The fourth-order valence-electron chi connectivity index (χ4n) is 1.31. The zero-order valence-corrected chi connectivity index (χ0v) is 13.0. The first-order chi connectivity index (χ1) is 7.91. The molecule has 0 aliphatic rings. The van der Waals surface area contributed by atoms with Gasteiger partial charge < -0.3 is 10.4 Å². The zero-order valence-electron chi connectivity index (χ0n) is 9.86. The quantitative estimate of drug-likeness (QED) is 0.822. The van der Waals surface area contributed by atoms with Crippen LogP contribution in [-0.2, 0) is 0 Å². The van der Waals surface area contributed by atoms with Gasteiger partial charge in [0.1, 0.15) is 0 Å². The van der Waals surface area contributed by atoms with Gasteiger partial charge in [-0.25, -0.2) is 0 Å². The van der Waals surface area contributed by atoms with E-state index in [2.05, 4.69) is 21.2 Å². The Kier molecular flexibility index (Phi) is 5.58. The average Bonchev–Trinajstić information content (AvgIpc) is 2.27. The molecule has 0 aliphatic heterocycles. The highest BCUT2D eigenvalue weighted by molar-refractivity contribution is 9.10. The Labute approximate surface area is 120 Å². The molecule has 0 radical (unpaired) electrons. The topological polar surface area (TPSA) is 32.3 Å². The van der Waals surface area contributed by atoms with Crippen LogP contribution < -0.4 is 5.32 Å². The molecule has 0 heterocycles. The molecule has 2 nitrogen and oxygen atoms in total. The van der Waals surface area contributed by atoms with Gasteiger partial charge in [0.05, 0.1) is 22.3 Å². The van der Waals surface area contributed by atoms with Crippen molar-refractivity contribution < 1.29 is 5.11 Å². The number of benzene rings is 1. The van der Waals surface area contributed by atoms with Gasteiger partial charge in [-0.3, -0.25) is 0 Å². The van der Waals surface area contributed by atoms with Crippen LogP contribution in [0.25, 0.3) is 0 Å². The maximum absolute atomic E-state index is 9.33. The predicted molar refractivity (Wildman–Crippen MR) is 78.1 cm³/mol. The molecule has 0 aromatic heterocycles. The molecule has 0 saturated heterocycles. The summed E-state index contributed by atoms with van der Waals surface area (Å²) < 4.78 is 0.846. The van der Waals surface area contributed by atoms with Crippen molar-refractivity contribution in [3.63, 3.8) is 0 Å². The third kappa shape index (κ3) is 4.02. The van der Waals surface area contributed by atoms with E-state index < -0.39 is 0 Å². The van der Waals surface area contributed by atoms with Crippen LogP contribution in [0.5, 0.6) is 0 Å². The molecule has 17 heavy (non-hydrogen) atoms. The van der Waals surface area contributed by atoms with Crippen LogP contribution in [0.2, 0.25) is 10.0 Å². The van der Waals surface area contributed by atoms with Crippen LogP contribution in [0, 0.1) is 5.41 Å². The lowest BCUT2D eigenvalue weighted by molar-refractivity contribution is 0.149. The molecule has 0 bridgehead atoms. The van der Waals surface area contributed by atoms with E-state index >= 15 is 0 Å². The molecule has 5 heteroatoms. The summed E-state index contributed by atoms with van der Waals surface area (Å²) in [5.41, 5.74) is 0.546. The number of hydrogen-bond acceptors (Lipinski definition) is 2. The Hall–Kier alpha value is 0.0400. The Bertz CT molecular complexity index is 371. The third-order valence-electron chi connectivity index (χ3n) is 2.93. The molecule has 0 amide bonds. The summed E-state index contributed by atoms with van der Waals surface area (Å²) in [7, 11) is 0. The summed E-state index contributed by atoms with van der Waals surface area (Å²) in [6, 6.07) is 3.58. The number of nitrogens with one attached hydrogen (secondary N) is 1. The Morgan fingerprint density at radius 2 is 1.88 bits per heavy atom. The largest absolute Gasteiger partial charge is 0.396 e. The van der Waals surface area contributed by atoms with Crippen molar-refractivity contribution in [2.24, 2.45) is 5.41 Å². The molecule has 1 atom stereocenters. The van der Waals surface area contributed by atoms with Crippen LogP contribution in [0.1, 0.15) is 20.3 Å². The first-order valence-corrected chi connectivity index (χ1v) is 6.96. The molecule has 1 rings (SSSR count). The van der Waals surface area contributed by atoms with Gasteiger partial charge in [0.2, 0.25) is 0 Å². The van der Waals surface area contributed by atoms with Crippen molar-refractivity contribution in [2.75, 3.05) is 18.5 Å². The van der Waals surface area contributed by atoms with E-state index in [1.54, 1.807) is 12.1 Å². The molecule has 96 valence electrons. The molecule has 0 aliphatic carbocycles. The normalized spacial score (nSPS) is 14.5. The summed E-state index contributed by atoms with van der Waals surface area (Å²) in [5, 5.41) is 13.7. The lowest BCUT2D eigenvalue weighted by Gasteiger charge is -2.27. The number of aliphatic hydroxyl groups is 1. The fraction of sp³-hybridized carbons (Fsp3) is 0.500. The fourth-order valence-corrected chi connectivity index (χ4v) is 2.65. The first kappa shape index (κ1) is 15.1. The van der Waals surface area contributed by atoms with Crippen LogP contribution >= 0.6 is 39.1 Å². The maximum atomic E-state index is 9.33. The molecule has 0 saturated carbocycles. The lowest BCUT2D eigenvalue weighted by Crippen LogP contribution is -2.29. The van der Waals surface area contributed by atoms with Crippen LogP contribution in [-0.4, -0.2) is 18.3 Å². The van der Waals surface area contributed by atoms with Crippen molar-refractivity contribution in [3.05, 3.63) is 26.7 Å². The predicted octanol–water partition coefficient (Wildman–Crippen LogP) is 4.58. The standard InChI is InChI=1S/C12H16BrCl2NO/c1-3-12(2,7-17)6-16-11-9(14)4-8(13)5-10(11)15/h4-5,16-17H,3,6-7H2,1-2H3. The van der Waals surface area contributed by atoms with Crippen molar-refractivity contribution in [1.29, 1.82) is 0 Å². The third-order valence-corrected chi connectivity index (χ3v) is 3.99. The van der Waals surface area contributed by atoms with Gasteiger partial charge in [-0.2, -0.15) is 0 Å². The summed E-state index contributed by atoms with van der Waals surface area (Å²) in [5.74, 6) is 0. The maximum Gasteiger partial charge on any atom is 0.0719 e. The molecule has 1 aromatic carbocycles. The number of anilines is 1. The van der Waals surface area contributed by atoms with Crippen molar-refractivity contribution in [3.8, 4) is 0 Å². The highest BCUT2D eigenvalue weighted by Crippen LogP contribution is 2.34. The molecule has 1 aromatic rings. The molecular weight excluding hydrogens is 325 g/mol. The summed E-state index contributed by atoms with van der Waals surface area (Å²) in [4.78, 5) is 0. The minimum Gasteiger partial charge on any atom is -0.396 e. The van der Waals surface area contributed by atoms with Gasteiger partial charge in [-0.15, -0.1) is 0 Å². The second-order valence-electron chi connectivity index (χ2n) is 4.42. The van der Waals surface area contributed by atoms with E-state index in [1.165, 1.54) is 0 Å². The lowest BCUT2D eigenvalue weighted by atomic mass is 9.88. The highest BCUT2D eigenvalue weighted by atomic mass is 79.9. The molecule has 0 fully saturated rings. The summed E-state index contributed by atoms with van der Waals surface area (Å²) in [6.07, 6.45) is 0.877. The van der Waals surface area contributed by atoms with E-state index in [-0.39, 0.29) is 12.0 Å². The molecular formula is C12H16BrCl2NO. The average molecular weight is 341 g/mol. The second-order valence-corrected chi connectivity index (χ2v) is 6.15. The van der Waals surface area contributed by atoms with Gasteiger partial charge in [-0.1, -0.05) is 53.0 Å². The summed E-state index contributed by atoms with van der Waals surface area (Å²) >= 11 is 15.5. The van der Waals surface area contributed by atoms with Crippen LogP contribution in [0.4, 0.5) is 5.69 Å². The first-order valence-electron chi connectivity index (χ1n) is 5.41. The van der Waals surface area contributed by atoms with E-state index in [1.807, 2.05) is 13.8 Å². The minimum atomic E-state index is -0.167. The zero-order chi connectivity index (χ0) is 13.1. The molecule has 0 spiro atoms. The van der Waals surface area contributed by atoms with Crippen molar-refractivity contribution >= 4 is 44.8 Å². The Morgan fingerprint density at radius 3 is 2.29 bits per heavy atom. The summed E-state index contributed by atoms with van der Waals surface area (Å²) in [6.45, 7) is 4.81. The number of rotatable bonds is 5. The Balaban J connectivity index is 2.83. The highest BCUT2D eigenvalue weighted by Gasteiger charge is 2.21. The van der Waals surface area contributed by atoms with Gasteiger partial charge in [0, 0.05) is 16.4 Å². The van der Waals surface area contributed by atoms with Gasteiger partial charge in [-0.05, 0) is 18.6 Å². The van der Waals surface area contributed by atoms with E-state index in [0.717, 1.165) is 10.9 Å². The van der Waals surface area contributed by atoms with E-state index in [0.29, 0.717) is 22.3 Å². The van der Waals surface area contributed by atoms with Crippen molar-refractivity contribution in [2.45, 2.75) is 20.3 Å². The molecule has 2 N–H and O–H groups in total. The minimum absolute atomic E-state index is 0.127. The smallest absolute Gasteiger partial charge is 0.0719 e. The number of hydrogen-bond donors (Lipinski definition) is 2. The number of halogens is 3. The van der Waals surface area contributed by atoms with Crippen LogP contribution in [0.3, 0.4) is 0 Å².